The van der Waals surface area contributed by atoms with Gasteiger partial charge in [-0.3, -0.25) is 4.79 Å². The third-order valence-corrected chi connectivity index (χ3v) is 4.05. The molecule has 0 spiro atoms. The lowest BCUT2D eigenvalue weighted by atomic mass is 10.1. The molecule has 27 heavy (non-hydrogen) atoms. The average Bonchev–Trinajstić information content (AvgIpc) is 2.69. The molecule has 5 nitrogen and oxygen atoms in total. The smallest absolute Gasteiger partial charge is 0.244 e. The number of nitrogens with zero attached hydrogens (tertiary/aromatic N) is 1. The van der Waals surface area contributed by atoms with Crippen LogP contribution in [0.15, 0.2) is 53.6 Å². The Morgan fingerprint density at radius 3 is 2.63 bits per heavy atom. The molecule has 2 rings (SSSR count). The molecule has 0 radical (unpaired) electrons. The largest absolute Gasteiger partial charge is 0.493 e. The summed E-state index contributed by atoms with van der Waals surface area (Å²) in [6.45, 7) is 2.87. The summed E-state index contributed by atoms with van der Waals surface area (Å²) >= 11 is 0. The molecule has 0 aliphatic carbocycles. The Balaban J connectivity index is 1.85. The molecule has 2 aromatic rings. The summed E-state index contributed by atoms with van der Waals surface area (Å²) in [7, 11) is 1.61. The van der Waals surface area contributed by atoms with E-state index in [4.69, 9.17) is 9.47 Å². The number of nitrogens with one attached hydrogen (secondary N) is 1. The fourth-order valence-corrected chi connectivity index (χ4v) is 2.59. The lowest BCUT2D eigenvalue weighted by molar-refractivity contribution is -0.120. The molecule has 0 heterocycles. The van der Waals surface area contributed by atoms with Crippen LogP contribution in [-0.4, -0.2) is 25.8 Å². The third-order valence-electron chi connectivity index (χ3n) is 4.05. The highest BCUT2D eigenvalue weighted by molar-refractivity contribution is 5.84. The molecule has 0 aromatic heterocycles. The zero-order valence-electron chi connectivity index (χ0n) is 16.1. The number of carbonyl (C=O) groups is 1. The van der Waals surface area contributed by atoms with E-state index in [0.29, 0.717) is 18.8 Å². The summed E-state index contributed by atoms with van der Waals surface area (Å²) in [5.74, 6) is 1.22. The van der Waals surface area contributed by atoms with E-state index in [-0.39, 0.29) is 5.91 Å². The first-order valence-corrected chi connectivity index (χ1v) is 9.39. The highest BCUT2D eigenvalue weighted by Crippen LogP contribution is 2.27. The van der Waals surface area contributed by atoms with Crippen LogP contribution in [0.1, 0.15) is 43.7 Å². The highest BCUT2D eigenvalue weighted by Gasteiger charge is 2.05. The van der Waals surface area contributed by atoms with Gasteiger partial charge in [-0.2, -0.15) is 5.10 Å². The van der Waals surface area contributed by atoms with E-state index in [0.717, 1.165) is 23.3 Å². The van der Waals surface area contributed by atoms with Gasteiger partial charge in [-0.1, -0.05) is 56.5 Å². The zero-order chi connectivity index (χ0) is 19.3. The van der Waals surface area contributed by atoms with E-state index in [1.807, 2.05) is 48.5 Å². The van der Waals surface area contributed by atoms with Crippen LogP contribution in [0, 0.1) is 0 Å². The van der Waals surface area contributed by atoms with E-state index in [1.165, 1.54) is 19.3 Å². The van der Waals surface area contributed by atoms with Crippen molar-refractivity contribution in [1.29, 1.82) is 0 Å². The Labute approximate surface area is 161 Å². The third kappa shape index (κ3) is 7.52. The van der Waals surface area contributed by atoms with Gasteiger partial charge in [-0.25, -0.2) is 5.43 Å². The van der Waals surface area contributed by atoms with Crippen LogP contribution in [0.25, 0.3) is 0 Å². The molecule has 0 atom stereocenters. The van der Waals surface area contributed by atoms with Gasteiger partial charge in [0.25, 0.3) is 0 Å². The molecule has 1 N–H and O–H groups in total. The average molecular weight is 368 g/mol. The molecular weight excluding hydrogens is 340 g/mol. The maximum atomic E-state index is 11.9. The van der Waals surface area contributed by atoms with Crippen molar-refractivity contribution >= 4 is 12.1 Å². The fourth-order valence-electron chi connectivity index (χ4n) is 2.59. The van der Waals surface area contributed by atoms with Crippen molar-refractivity contribution in [2.24, 2.45) is 5.10 Å². The number of amides is 1. The predicted molar refractivity (Wildman–Crippen MR) is 109 cm³/mol. The Hall–Kier alpha value is -2.82. The molecule has 1 amide bonds. The van der Waals surface area contributed by atoms with E-state index < -0.39 is 0 Å². The Morgan fingerprint density at radius 1 is 1.07 bits per heavy atom. The second kappa shape index (κ2) is 11.7. The lowest BCUT2D eigenvalue weighted by Gasteiger charge is -2.11. The Morgan fingerprint density at radius 2 is 1.89 bits per heavy atom. The van der Waals surface area contributed by atoms with E-state index in [2.05, 4.69) is 17.5 Å². The summed E-state index contributed by atoms with van der Waals surface area (Å²) in [5, 5.41) is 4.02. The van der Waals surface area contributed by atoms with Crippen LogP contribution < -0.4 is 14.9 Å². The molecular formula is C22H28N2O3. The first kappa shape index (κ1) is 20.5. The molecule has 0 aliphatic heterocycles. The summed E-state index contributed by atoms with van der Waals surface area (Å²) in [6.07, 6.45) is 6.54. The predicted octanol–water partition coefficient (Wildman–Crippen LogP) is 4.35. The fraction of sp³-hybridized carbons (Fsp3) is 0.364. The maximum Gasteiger partial charge on any atom is 0.244 e. The van der Waals surface area contributed by atoms with Crippen molar-refractivity contribution in [2.45, 2.75) is 39.0 Å². The molecule has 0 fully saturated rings. The minimum Gasteiger partial charge on any atom is -0.493 e. The summed E-state index contributed by atoms with van der Waals surface area (Å²) in [6, 6.07) is 15.2. The number of benzene rings is 2. The molecule has 0 aliphatic rings. The number of hydrogen-bond donors (Lipinski definition) is 1. The van der Waals surface area contributed by atoms with Gasteiger partial charge in [-0.05, 0) is 35.7 Å². The van der Waals surface area contributed by atoms with Gasteiger partial charge in [0.2, 0.25) is 5.91 Å². The molecule has 0 saturated heterocycles. The molecule has 144 valence electrons. The second-order valence-electron chi connectivity index (χ2n) is 6.27. The molecule has 2 aromatic carbocycles. The Bertz CT molecular complexity index is 730. The quantitative estimate of drug-likeness (QED) is 0.364. The topological polar surface area (TPSA) is 59.9 Å². The van der Waals surface area contributed by atoms with E-state index in [1.54, 1.807) is 13.3 Å². The van der Waals surface area contributed by atoms with Gasteiger partial charge in [0.05, 0.1) is 26.4 Å². The second-order valence-corrected chi connectivity index (χ2v) is 6.27. The van der Waals surface area contributed by atoms with Crippen LogP contribution in [0.3, 0.4) is 0 Å². The van der Waals surface area contributed by atoms with Gasteiger partial charge in [0, 0.05) is 0 Å². The van der Waals surface area contributed by atoms with Crippen molar-refractivity contribution in [3.63, 3.8) is 0 Å². The Kier molecular flexibility index (Phi) is 8.90. The highest BCUT2D eigenvalue weighted by atomic mass is 16.5. The number of hydrazone groups is 1. The van der Waals surface area contributed by atoms with Gasteiger partial charge in [0.15, 0.2) is 11.5 Å². The molecule has 0 saturated carbocycles. The van der Waals surface area contributed by atoms with Crippen LogP contribution in [0.5, 0.6) is 11.5 Å². The van der Waals surface area contributed by atoms with Gasteiger partial charge in [-0.15, -0.1) is 0 Å². The van der Waals surface area contributed by atoms with Crippen molar-refractivity contribution in [3.8, 4) is 11.5 Å². The van der Waals surface area contributed by atoms with Crippen LogP contribution >= 0.6 is 0 Å². The van der Waals surface area contributed by atoms with Gasteiger partial charge < -0.3 is 9.47 Å². The lowest BCUT2D eigenvalue weighted by Crippen LogP contribution is -2.19. The van der Waals surface area contributed by atoms with Gasteiger partial charge >= 0.3 is 0 Å². The van der Waals surface area contributed by atoms with Crippen molar-refractivity contribution in [2.75, 3.05) is 13.7 Å². The normalized spacial score (nSPS) is 10.7. The number of hydrogen-bond acceptors (Lipinski definition) is 4. The monoisotopic (exact) mass is 368 g/mol. The van der Waals surface area contributed by atoms with Crippen molar-refractivity contribution in [1.82, 2.24) is 5.43 Å². The number of unbranched alkanes of at least 4 members (excludes halogenated alkanes) is 3. The molecule has 0 unspecified atom stereocenters. The van der Waals surface area contributed by atoms with Crippen LogP contribution in [0.4, 0.5) is 0 Å². The summed E-state index contributed by atoms with van der Waals surface area (Å²) in [5.41, 5.74) is 4.32. The summed E-state index contributed by atoms with van der Waals surface area (Å²) in [4.78, 5) is 11.9. The zero-order valence-corrected chi connectivity index (χ0v) is 16.1. The minimum absolute atomic E-state index is 0.156. The summed E-state index contributed by atoms with van der Waals surface area (Å²) < 4.78 is 11.2. The first-order valence-electron chi connectivity index (χ1n) is 9.39. The SMILES string of the molecule is CCCCCCOc1ccc(C=NNC(=O)Cc2ccccc2)cc1OC. The van der Waals surface area contributed by atoms with Crippen molar-refractivity contribution in [3.05, 3.63) is 59.7 Å². The maximum absolute atomic E-state index is 11.9. The standard InChI is InChI=1S/C22H28N2O3/c1-3-4-5-9-14-27-20-13-12-19(15-21(20)26-2)17-23-24-22(25)16-18-10-7-6-8-11-18/h6-8,10-13,15,17H,3-5,9,14,16H2,1-2H3,(H,24,25). The van der Waals surface area contributed by atoms with E-state index in [9.17, 15) is 4.79 Å². The molecule has 0 bridgehead atoms. The number of methoxy groups -OCH3 is 1. The minimum atomic E-state index is -0.156. The first-order chi connectivity index (χ1) is 13.2. The van der Waals surface area contributed by atoms with Gasteiger partial charge in [0.1, 0.15) is 0 Å². The number of ether oxygens (including phenoxy) is 2. The van der Waals surface area contributed by atoms with Crippen LogP contribution in [-0.2, 0) is 11.2 Å². The number of carbonyl (C=O) groups excluding carboxylic acids is 1. The van der Waals surface area contributed by atoms with Crippen molar-refractivity contribution < 1.29 is 14.3 Å². The van der Waals surface area contributed by atoms with Crippen LogP contribution in [0.2, 0.25) is 0 Å². The number of rotatable bonds is 11. The van der Waals surface area contributed by atoms with E-state index >= 15 is 0 Å². The molecule has 5 heteroatoms.